The Bertz CT molecular complexity index is 881. The van der Waals surface area contributed by atoms with E-state index in [0.29, 0.717) is 31.9 Å². The van der Waals surface area contributed by atoms with E-state index >= 15 is 0 Å². The van der Waals surface area contributed by atoms with Gasteiger partial charge in [0.2, 0.25) is 11.8 Å². The number of hydrogen-bond donors (Lipinski definition) is 1. The predicted octanol–water partition coefficient (Wildman–Crippen LogP) is 3.76. The molecule has 6 heteroatoms. The van der Waals surface area contributed by atoms with Gasteiger partial charge in [-0.3, -0.25) is 9.59 Å². The van der Waals surface area contributed by atoms with Gasteiger partial charge in [-0.2, -0.15) is 0 Å². The average molecular weight is 397 g/mol. The van der Waals surface area contributed by atoms with E-state index in [2.05, 4.69) is 10.2 Å². The molecule has 0 unspecified atom stereocenters. The lowest BCUT2D eigenvalue weighted by molar-refractivity contribution is -0.146. The van der Waals surface area contributed by atoms with Crippen LogP contribution in [0.2, 0.25) is 0 Å². The highest BCUT2D eigenvalue weighted by molar-refractivity contribution is 6.10. The highest BCUT2D eigenvalue weighted by Gasteiger charge is 2.40. The van der Waals surface area contributed by atoms with Crippen LogP contribution in [-0.2, 0) is 9.59 Å². The van der Waals surface area contributed by atoms with Gasteiger partial charge in [0.25, 0.3) is 0 Å². The zero-order valence-electron chi connectivity index (χ0n) is 17.5. The van der Waals surface area contributed by atoms with Crippen molar-refractivity contribution < 1.29 is 14.0 Å². The zero-order chi connectivity index (χ0) is 21.2. The minimum Gasteiger partial charge on any atom is -0.368 e. The molecule has 0 radical (unpaired) electrons. The van der Waals surface area contributed by atoms with Crippen molar-refractivity contribution in [2.24, 2.45) is 5.41 Å². The molecule has 1 fully saturated rings. The average Bonchev–Trinajstić information content (AvgIpc) is 2.67. The van der Waals surface area contributed by atoms with Crippen LogP contribution in [0.4, 0.5) is 15.8 Å². The number of piperazine rings is 1. The van der Waals surface area contributed by atoms with E-state index in [1.54, 1.807) is 30.9 Å². The summed E-state index contributed by atoms with van der Waals surface area (Å²) in [6, 6.07) is 12.2. The second-order valence-corrected chi connectivity index (χ2v) is 8.21. The summed E-state index contributed by atoms with van der Waals surface area (Å²) >= 11 is 0. The summed E-state index contributed by atoms with van der Waals surface area (Å²) in [5.41, 5.74) is 2.58. The summed E-state index contributed by atoms with van der Waals surface area (Å²) in [4.78, 5) is 29.8. The third-order valence-corrected chi connectivity index (χ3v) is 5.34. The molecule has 2 aromatic rings. The first-order valence-electron chi connectivity index (χ1n) is 9.86. The lowest BCUT2D eigenvalue weighted by atomic mass is 9.89. The summed E-state index contributed by atoms with van der Waals surface area (Å²) in [6.07, 6.45) is 0. The fraction of sp³-hybridized carbons (Fsp3) is 0.391. The van der Waals surface area contributed by atoms with Gasteiger partial charge in [-0.1, -0.05) is 6.07 Å². The van der Waals surface area contributed by atoms with E-state index in [1.807, 2.05) is 32.0 Å². The Morgan fingerprint density at radius 1 is 0.931 bits per heavy atom. The van der Waals surface area contributed by atoms with Gasteiger partial charge < -0.3 is 15.1 Å². The molecule has 1 aliphatic rings. The van der Waals surface area contributed by atoms with Crippen LogP contribution in [0.1, 0.15) is 25.0 Å². The molecule has 1 aliphatic heterocycles. The third kappa shape index (κ3) is 4.75. The first kappa shape index (κ1) is 20.8. The van der Waals surface area contributed by atoms with Crippen LogP contribution in [0.25, 0.3) is 0 Å². The molecule has 0 aromatic heterocycles. The van der Waals surface area contributed by atoms with Crippen LogP contribution in [0.5, 0.6) is 0 Å². The van der Waals surface area contributed by atoms with Crippen molar-refractivity contribution in [3.63, 3.8) is 0 Å². The monoisotopic (exact) mass is 397 g/mol. The molecule has 1 N–H and O–H groups in total. The van der Waals surface area contributed by atoms with Crippen molar-refractivity contribution in [1.29, 1.82) is 0 Å². The van der Waals surface area contributed by atoms with Crippen molar-refractivity contribution in [3.8, 4) is 0 Å². The fourth-order valence-electron chi connectivity index (χ4n) is 3.65. The van der Waals surface area contributed by atoms with E-state index in [0.717, 1.165) is 16.8 Å². The summed E-state index contributed by atoms with van der Waals surface area (Å²) in [7, 11) is 0. The molecule has 1 heterocycles. The SMILES string of the molecule is Cc1cc(C)cc(NC(=O)C(C)(C)C(=O)N2CCN(c3ccc(F)cc3)CC2)c1. The minimum absolute atomic E-state index is 0.182. The number of aryl methyl sites for hydroxylation is 2. The molecule has 154 valence electrons. The van der Waals surface area contributed by atoms with Crippen molar-refractivity contribution in [2.75, 3.05) is 36.4 Å². The number of nitrogens with one attached hydrogen (secondary N) is 1. The normalized spacial score (nSPS) is 14.7. The Hall–Kier alpha value is -2.89. The Balaban J connectivity index is 1.62. The van der Waals surface area contributed by atoms with Gasteiger partial charge in [-0.05, 0) is 75.2 Å². The van der Waals surface area contributed by atoms with Gasteiger partial charge in [0.05, 0.1) is 0 Å². The molecular weight excluding hydrogens is 369 g/mol. The van der Waals surface area contributed by atoms with Crippen molar-refractivity contribution >= 4 is 23.2 Å². The Labute approximate surface area is 171 Å². The molecule has 2 amide bonds. The van der Waals surface area contributed by atoms with Gasteiger partial charge in [-0.25, -0.2) is 4.39 Å². The van der Waals surface area contributed by atoms with Gasteiger partial charge in [0.1, 0.15) is 11.2 Å². The molecule has 0 bridgehead atoms. The highest BCUT2D eigenvalue weighted by Crippen LogP contribution is 2.25. The quantitative estimate of drug-likeness (QED) is 0.800. The number of amides is 2. The first-order valence-corrected chi connectivity index (χ1v) is 9.86. The maximum Gasteiger partial charge on any atom is 0.239 e. The molecule has 3 rings (SSSR count). The smallest absolute Gasteiger partial charge is 0.239 e. The molecule has 0 spiro atoms. The summed E-state index contributed by atoms with van der Waals surface area (Å²) in [5.74, 6) is -0.759. The van der Waals surface area contributed by atoms with Crippen molar-refractivity contribution in [2.45, 2.75) is 27.7 Å². The number of rotatable bonds is 4. The summed E-state index contributed by atoms with van der Waals surface area (Å²) in [5, 5.41) is 2.89. The van der Waals surface area contributed by atoms with E-state index in [9.17, 15) is 14.0 Å². The number of hydrogen-bond acceptors (Lipinski definition) is 3. The number of carbonyl (C=O) groups is 2. The van der Waals surface area contributed by atoms with Gasteiger partial charge in [-0.15, -0.1) is 0 Å². The topological polar surface area (TPSA) is 52.7 Å². The number of nitrogens with zero attached hydrogens (tertiary/aromatic N) is 2. The van der Waals surface area contributed by atoms with E-state index in [-0.39, 0.29) is 17.6 Å². The maximum atomic E-state index is 13.1. The van der Waals surface area contributed by atoms with Crippen LogP contribution >= 0.6 is 0 Å². The number of benzene rings is 2. The Morgan fingerprint density at radius 3 is 2.03 bits per heavy atom. The second-order valence-electron chi connectivity index (χ2n) is 8.21. The number of anilines is 2. The van der Waals surface area contributed by atoms with Crippen LogP contribution < -0.4 is 10.2 Å². The first-order chi connectivity index (χ1) is 13.7. The standard InChI is InChI=1S/C23H28FN3O2/c1-16-13-17(2)15-19(14-16)25-21(28)23(3,4)22(29)27-11-9-26(10-12-27)20-7-5-18(24)6-8-20/h5-8,13-15H,9-12H2,1-4H3,(H,25,28). The molecule has 0 atom stereocenters. The molecule has 0 saturated carbocycles. The number of halogens is 1. The summed E-state index contributed by atoms with van der Waals surface area (Å²) in [6.45, 7) is 9.61. The van der Waals surface area contributed by atoms with Crippen LogP contribution in [-0.4, -0.2) is 42.9 Å². The molecular formula is C23H28FN3O2. The third-order valence-electron chi connectivity index (χ3n) is 5.34. The largest absolute Gasteiger partial charge is 0.368 e. The fourth-order valence-corrected chi connectivity index (χ4v) is 3.65. The van der Waals surface area contributed by atoms with Gasteiger partial charge in [0.15, 0.2) is 0 Å². The molecule has 1 saturated heterocycles. The van der Waals surface area contributed by atoms with Crippen molar-refractivity contribution in [3.05, 3.63) is 59.4 Å². The van der Waals surface area contributed by atoms with Gasteiger partial charge >= 0.3 is 0 Å². The van der Waals surface area contributed by atoms with E-state index < -0.39 is 5.41 Å². The second kappa shape index (κ2) is 8.23. The maximum absolute atomic E-state index is 13.1. The molecule has 0 aliphatic carbocycles. The highest BCUT2D eigenvalue weighted by atomic mass is 19.1. The van der Waals surface area contributed by atoms with Crippen LogP contribution in [0, 0.1) is 25.1 Å². The van der Waals surface area contributed by atoms with E-state index in [1.165, 1.54) is 12.1 Å². The summed E-state index contributed by atoms with van der Waals surface area (Å²) < 4.78 is 13.1. The number of carbonyl (C=O) groups excluding carboxylic acids is 2. The van der Waals surface area contributed by atoms with Crippen molar-refractivity contribution in [1.82, 2.24) is 4.90 Å². The zero-order valence-corrected chi connectivity index (χ0v) is 17.5. The van der Waals surface area contributed by atoms with Crippen LogP contribution in [0.3, 0.4) is 0 Å². The molecule has 29 heavy (non-hydrogen) atoms. The predicted molar refractivity (Wildman–Crippen MR) is 114 cm³/mol. The lowest BCUT2D eigenvalue weighted by Gasteiger charge is -2.39. The minimum atomic E-state index is -1.17. The molecule has 2 aromatic carbocycles. The Morgan fingerprint density at radius 2 is 1.48 bits per heavy atom. The van der Waals surface area contributed by atoms with E-state index in [4.69, 9.17) is 0 Å². The Kier molecular flexibility index (Phi) is 5.91. The van der Waals surface area contributed by atoms with Gasteiger partial charge in [0, 0.05) is 37.6 Å². The molecule has 5 nitrogen and oxygen atoms in total. The van der Waals surface area contributed by atoms with Crippen LogP contribution in [0.15, 0.2) is 42.5 Å². The lowest BCUT2D eigenvalue weighted by Crippen LogP contribution is -2.54.